The maximum Gasteiger partial charge on any atom is 0.301 e. The maximum absolute atomic E-state index is 12.4. The van der Waals surface area contributed by atoms with E-state index in [0.717, 1.165) is 0 Å². The lowest BCUT2D eigenvalue weighted by atomic mass is 10.4. The van der Waals surface area contributed by atoms with Crippen molar-refractivity contribution in [3.05, 3.63) is 21.9 Å². The number of aromatic nitrogens is 1. The summed E-state index contributed by atoms with van der Waals surface area (Å²) in [6, 6.07) is 0. The number of halogens is 5. The van der Waals surface area contributed by atoms with Crippen LogP contribution in [0.25, 0.3) is 0 Å². The molecule has 1 nitrogen and oxygen atoms in total. The average Bonchev–Trinajstić information content (AvgIpc) is 2.58. The highest BCUT2D eigenvalue weighted by molar-refractivity contribution is 8.01. The summed E-state index contributed by atoms with van der Waals surface area (Å²) in [4.78, 5) is 4.06. The van der Waals surface area contributed by atoms with Crippen LogP contribution >= 0.6 is 46.3 Å². The van der Waals surface area contributed by atoms with E-state index in [2.05, 4.69) is 4.98 Å². The fourth-order valence-corrected chi connectivity index (χ4v) is 3.50. The highest BCUT2D eigenvalue weighted by Crippen LogP contribution is 2.32. The van der Waals surface area contributed by atoms with Crippen LogP contribution in [0.2, 0.25) is 4.34 Å². The number of alkyl halides is 1. The van der Waals surface area contributed by atoms with Gasteiger partial charge in [0.2, 0.25) is 0 Å². The number of hydrogen-bond donors (Lipinski definition) is 0. The van der Waals surface area contributed by atoms with Gasteiger partial charge in [-0.2, -0.15) is 8.78 Å². The summed E-state index contributed by atoms with van der Waals surface area (Å²) in [6.45, 7) is 0. The van der Waals surface area contributed by atoms with Gasteiger partial charge in [-0.1, -0.05) is 34.7 Å². The zero-order valence-corrected chi connectivity index (χ0v) is 10.9. The SMILES string of the molecule is FC(F)=C(F)CCSc1nc(CCl)c(Cl)s1. The first kappa shape index (κ1) is 14.2. The van der Waals surface area contributed by atoms with Crippen molar-refractivity contribution in [3.63, 3.8) is 0 Å². The molecular formula is C8H6Cl2F3NS2. The largest absolute Gasteiger partial charge is 0.301 e. The summed E-state index contributed by atoms with van der Waals surface area (Å²) < 4.78 is 37.0. The third-order valence-electron chi connectivity index (χ3n) is 1.51. The number of nitrogens with zero attached hydrogens (tertiary/aromatic N) is 1. The Morgan fingerprint density at radius 1 is 1.38 bits per heavy atom. The Hall–Kier alpha value is 0.0900. The lowest BCUT2D eigenvalue weighted by Gasteiger charge is -1.94. The number of thioether (sulfide) groups is 1. The molecule has 1 aromatic rings. The first-order valence-corrected chi connectivity index (χ1v) is 6.79. The third kappa shape index (κ3) is 4.16. The van der Waals surface area contributed by atoms with Gasteiger partial charge < -0.3 is 0 Å². The Labute approximate surface area is 109 Å². The molecule has 0 saturated carbocycles. The molecule has 0 aliphatic heterocycles. The first-order chi connectivity index (χ1) is 7.54. The minimum atomic E-state index is -2.26. The summed E-state index contributed by atoms with van der Waals surface area (Å²) in [5.41, 5.74) is 0.559. The molecule has 8 heteroatoms. The molecule has 0 spiro atoms. The Morgan fingerprint density at radius 3 is 2.56 bits per heavy atom. The van der Waals surface area contributed by atoms with Crippen LogP contribution in [0.3, 0.4) is 0 Å². The van der Waals surface area contributed by atoms with Crippen LogP contribution in [0.1, 0.15) is 12.1 Å². The molecule has 0 N–H and O–H groups in total. The van der Waals surface area contributed by atoms with Crippen molar-refractivity contribution in [1.29, 1.82) is 0 Å². The zero-order valence-electron chi connectivity index (χ0n) is 7.77. The average molecular weight is 308 g/mol. The Morgan fingerprint density at radius 2 is 2.06 bits per heavy atom. The molecule has 16 heavy (non-hydrogen) atoms. The minimum Gasteiger partial charge on any atom is -0.232 e. The summed E-state index contributed by atoms with van der Waals surface area (Å²) >= 11 is 13.7. The maximum atomic E-state index is 12.4. The predicted molar refractivity (Wildman–Crippen MR) is 62.4 cm³/mol. The minimum absolute atomic E-state index is 0.189. The van der Waals surface area contributed by atoms with Crippen LogP contribution in [0, 0.1) is 0 Å². The van der Waals surface area contributed by atoms with E-state index in [1.807, 2.05) is 0 Å². The zero-order chi connectivity index (χ0) is 12.1. The van der Waals surface area contributed by atoms with Crippen molar-refractivity contribution in [1.82, 2.24) is 4.98 Å². The van der Waals surface area contributed by atoms with Crippen molar-refractivity contribution >= 4 is 46.3 Å². The summed E-state index contributed by atoms with van der Waals surface area (Å²) in [7, 11) is 0. The standard InChI is InChI=1S/C8H6Cl2F3NS2/c9-3-5-6(10)16-8(14-5)15-2-1-4(11)7(12)13/h1-3H2. The number of rotatable bonds is 5. The van der Waals surface area contributed by atoms with Crippen LogP contribution in [0.5, 0.6) is 0 Å². The third-order valence-corrected chi connectivity index (χ3v) is 4.24. The van der Waals surface area contributed by atoms with Crippen molar-refractivity contribution in [3.8, 4) is 0 Å². The predicted octanol–water partition coefficient (Wildman–Crippen LogP) is 5.10. The highest BCUT2D eigenvalue weighted by atomic mass is 35.5. The normalized spacial score (nSPS) is 10.6. The van der Waals surface area contributed by atoms with Gasteiger partial charge in [-0.05, 0) is 0 Å². The fourth-order valence-electron chi connectivity index (χ4n) is 0.779. The fraction of sp³-hybridized carbons (Fsp3) is 0.375. The van der Waals surface area contributed by atoms with Crippen LogP contribution in [0.4, 0.5) is 13.2 Å². The van der Waals surface area contributed by atoms with Crippen molar-refractivity contribution in [2.75, 3.05) is 5.75 Å². The van der Waals surface area contributed by atoms with Gasteiger partial charge in [-0.15, -0.1) is 11.6 Å². The van der Waals surface area contributed by atoms with E-state index in [1.54, 1.807) is 0 Å². The van der Waals surface area contributed by atoms with Gasteiger partial charge in [0.25, 0.3) is 0 Å². The molecule has 1 rings (SSSR count). The van der Waals surface area contributed by atoms with E-state index < -0.39 is 11.9 Å². The quantitative estimate of drug-likeness (QED) is 0.555. The van der Waals surface area contributed by atoms with E-state index in [0.29, 0.717) is 14.4 Å². The van der Waals surface area contributed by atoms with E-state index in [1.165, 1.54) is 23.1 Å². The van der Waals surface area contributed by atoms with E-state index >= 15 is 0 Å². The molecule has 0 saturated heterocycles. The second-order valence-electron chi connectivity index (χ2n) is 2.60. The second-order valence-corrected chi connectivity index (χ2v) is 5.81. The monoisotopic (exact) mass is 307 g/mol. The van der Waals surface area contributed by atoms with Crippen molar-refractivity contribution in [2.24, 2.45) is 0 Å². The van der Waals surface area contributed by atoms with E-state index in [-0.39, 0.29) is 18.1 Å². The molecule has 0 aliphatic rings. The molecule has 0 aliphatic carbocycles. The number of hydrogen-bond acceptors (Lipinski definition) is 3. The smallest absolute Gasteiger partial charge is 0.232 e. The van der Waals surface area contributed by atoms with Crippen molar-refractivity contribution in [2.45, 2.75) is 16.6 Å². The molecule has 0 fully saturated rings. The molecule has 0 aromatic carbocycles. The van der Waals surface area contributed by atoms with Crippen molar-refractivity contribution < 1.29 is 13.2 Å². The van der Waals surface area contributed by atoms with Crippen LogP contribution in [-0.2, 0) is 5.88 Å². The van der Waals surface area contributed by atoms with Gasteiger partial charge in [0.1, 0.15) is 4.34 Å². The van der Waals surface area contributed by atoms with E-state index in [4.69, 9.17) is 23.2 Å². The van der Waals surface area contributed by atoms with Gasteiger partial charge in [0, 0.05) is 12.2 Å². The molecule has 0 radical (unpaired) electrons. The Balaban J connectivity index is 2.46. The Kier molecular flexibility index (Phi) is 5.96. The molecule has 1 heterocycles. The van der Waals surface area contributed by atoms with E-state index in [9.17, 15) is 13.2 Å². The van der Waals surface area contributed by atoms with Gasteiger partial charge >= 0.3 is 6.08 Å². The molecule has 1 aromatic heterocycles. The van der Waals surface area contributed by atoms with Gasteiger partial charge in [-0.3, -0.25) is 0 Å². The molecular weight excluding hydrogens is 302 g/mol. The van der Waals surface area contributed by atoms with Crippen LogP contribution in [-0.4, -0.2) is 10.7 Å². The molecule has 0 bridgehead atoms. The lowest BCUT2D eigenvalue weighted by molar-refractivity contribution is 0.373. The van der Waals surface area contributed by atoms with Gasteiger partial charge in [0.05, 0.1) is 11.6 Å². The first-order valence-electron chi connectivity index (χ1n) is 4.08. The lowest BCUT2D eigenvalue weighted by Crippen LogP contribution is -1.83. The van der Waals surface area contributed by atoms with Gasteiger partial charge in [-0.25, -0.2) is 9.37 Å². The Bertz CT molecular complexity index is 391. The summed E-state index contributed by atoms with van der Waals surface area (Å²) in [5.74, 6) is -0.995. The summed E-state index contributed by atoms with van der Waals surface area (Å²) in [5, 5.41) is 0. The second kappa shape index (κ2) is 6.74. The van der Waals surface area contributed by atoms with Crippen LogP contribution < -0.4 is 0 Å². The molecule has 0 atom stereocenters. The van der Waals surface area contributed by atoms with Gasteiger partial charge in [0.15, 0.2) is 10.2 Å². The number of allylic oxidation sites excluding steroid dienone is 1. The number of thiazole rings is 1. The highest BCUT2D eigenvalue weighted by Gasteiger charge is 2.10. The summed E-state index contributed by atoms with van der Waals surface area (Å²) in [6.07, 6.45) is -2.58. The molecule has 0 unspecified atom stereocenters. The molecule has 90 valence electrons. The molecule has 0 amide bonds. The van der Waals surface area contributed by atoms with Crippen LogP contribution in [0.15, 0.2) is 16.2 Å². The topological polar surface area (TPSA) is 12.9 Å².